The normalized spacial score (nSPS) is 11.5. The molecule has 0 aromatic heterocycles. The summed E-state index contributed by atoms with van der Waals surface area (Å²) in [6.07, 6.45) is -2.21. The Bertz CT molecular complexity index is 1040. The fourth-order valence-electron chi connectivity index (χ4n) is 2.59. The van der Waals surface area contributed by atoms with Crippen LogP contribution in [0, 0.1) is 0 Å². The van der Waals surface area contributed by atoms with Gasteiger partial charge in [0.15, 0.2) is 11.5 Å². The molecule has 0 bridgehead atoms. The zero-order valence-electron chi connectivity index (χ0n) is 17.3. The van der Waals surface area contributed by atoms with E-state index in [1.54, 1.807) is 0 Å². The monoisotopic (exact) mass is 492 g/mol. The summed E-state index contributed by atoms with van der Waals surface area (Å²) in [5, 5.41) is 1.76. The third kappa shape index (κ3) is 7.63. The average Bonchev–Trinajstić information content (AvgIpc) is 2.72. The fourth-order valence-corrected chi connectivity index (χ4v) is 2.81. The van der Waals surface area contributed by atoms with Crippen LogP contribution >= 0.6 is 11.6 Å². The van der Waals surface area contributed by atoms with Gasteiger partial charge in [-0.3, -0.25) is 9.59 Å². The molecule has 12 heteroatoms. The second kappa shape index (κ2) is 11.0. The van der Waals surface area contributed by atoms with Crippen molar-refractivity contribution in [1.82, 2.24) is 4.90 Å². The summed E-state index contributed by atoms with van der Waals surface area (Å²) >= 11 is 5.54. The van der Waals surface area contributed by atoms with Gasteiger partial charge in [0, 0.05) is 18.8 Å². The Morgan fingerprint density at radius 1 is 1.15 bits per heavy atom. The summed E-state index contributed by atoms with van der Waals surface area (Å²) in [7, 11) is 2.58. The van der Waals surface area contributed by atoms with Crippen LogP contribution in [0.15, 0.2) is 42.5 Å². The molecule has 178 valence electrons. The number of nitrogens with one attached hydrogen (secondary N) is 1. The summed E-state index contributed by atoms with van der Waals surface area (Å²) in [6, 6.07) is 6.92. The number of alkyl halides is 5. The Morgan fingerprint density at radius 3 is 2.45 bits per heavy atom. The van der Waals surface area contributed by atoms with Crippen molar-refractivity contribution in [2.45, 2.75) is 12.8 Å². The molecular formula is C21H18ClF5N2O4. The molecule has 0 saturated heterocycles. The van der Waals surface area contributed by atoms with E-state index in [4.69, 9.17) is 16.3 Å². The van der Waals surface area contributed by atoms with E-state index in [1.807, 2.05) is 0 Å². The maximum absolute atomic E-state index is 12.9. The maximum atomic E-state index is 12.9. The van der Waals surface area contributed by atoms with E-state index in [0.29, 0.717) is 11.6 Å². The Balaban J connectivity index is 2.00. The van der Waals surface area contributed by atoms with Crippen molar-refractivity contribution in [3.8, 4) is 11.5 Å². The van der Waals surface area contributed by atoms with Crippen molar-refractivity contribution in [3.63, 3.8) is 0 Å². The van der Waals surface area contributed by atoms with Crippen molar-refractivity contribution in [2.75, 3.05) is 26.0 Å². The summed E-state index contributed by atoms with van der Waals surface area (Å²) in [6.45, 7) is -3.48. The number of hydrogen-bond donors (Lipinski definition) is 1. The number of anilines is 1. The summed E-state index contributed by atoms with van der Waals surface area (Å²) in [5.74, 6) is -1.48. The maximum Gasteiger partial charge on any atom is 0.417 e. The van der Waals surface area contributed by atoms with Crippen LogP contribution in [0.25, 0.3) is 6.08 Å². The van der Waals surface area contributed by atoms with E-state index in [2.05, 4.69) is 10.1 Å². The van der Waals surface area contributed by atoms with Gasteiger partial charge < -0.3 is 19.7 Å². The lowest BCUT2D eigenvalue weighted by molar-refractivity contribution is -0.137. The van der Waals surface area contributed by atoms with Crippen LogP contribution in [0.2, 0.25) is 5.02 Å². The highest BCUT2D eigenvalue weighted by molar-refractivity contribution is 6.31. The molecule has 0 heterocycles. The number of rotatable bonds is 8. The highest BCUT2D eigenvalue weighted by Gasteiger charge is 2.33. The average molecular weight is 493 g/mol. The molecule has 33 heavy (non-hydrogen) atoms. The van der Waals surface area contributed by atoms with Gasteiger partial charge in [0.05, 0.1) is 24.2 Å². The molecule has 0 atom stereocenters. The topological polar surface area (TPSA) is 67.9 Å². The van der Waals surface area contributed by atoms with Crippen molar-refractivity contribution in [2.24, 2.45) is 0 Å². The molecule has 6 nitrogen and oxygen atoms in total. The highest BCUT2D eigenvalue weighted by atomic mass is 35.5. The molecule has 2 rings (SSSR count). The van der Waals surface area contributed by atoms with Gasteiger partial charge in [-0.2, -0.15) is 22.0 Å². The first-order chi connectivity index (χ1) is 15.4. The van der Waals surface area contributed by atoms with Gasteiger partial charge in [-0.1, -0.05) is 17.7 Å². The number of ether oxygens (including phenoxy) is 2. The minimum Gasteiger partial charge on any atom is -0.493 e. The molecule has 0 spiro atoms. The number of benzene rings is 2. The van der Waals surface area contributed by atoms with Crippen molar-refractivity contribution >= 4 is 35.2 Å². The lowest BCUT2D eigenvalue weighted by Gasteiger charge is -2.16. The van der Waals surface area contributed by atoms with Crippen molar-refractivity contribution in [1.29, 1.82) is 0 Å². The van der Waals surface area contributed by atoms with E-state index in [9.17, 15) is 31.5 Å². The molecule has 0 unspecified atom stereocenters. The zero-order valence-corrected chi connectivity index (χ0v) is 18.0. The number of carbonyl (C=O) groups is 2. The predicted molar refractivity (Wildman–Crippen MR) is 111 cm³/mol. The Morgan fingerprint density at radius 2 is 1.85 bits per heavy atom. The lowest BCUT2D eigenvalue weighted by atomic mass is 10.2. The number of nitrogens with zero attached hydrogens (tertiary/aromatic N) is 1. The largest absolute Gasteiger partial charge is 0.493 e. The third-order valence-electron chi connectivity index (χ3n) is 4.13. The second-order valence-electron chi connectivity index (χ2n) is 6.56. The molecule has 0 radical (unpaired) electrons. The lowest BCUT2D eigenvalue weighted by Crippen LogP contribution is -2.33. The minimum absolute atomic E-state index is 0.0267. The Hall–Kier alpha value is -3.34. The molecule has 2 aromatic rings. The van der Waals surface area contributed by atoms with Crippen molar-refractivity contribution in [3.05, 3.63) is 58.6 Å². The van der Waals surface area contributed by atoms with Gasteiger partial charge in [0.1, 0.15) is 0 Å². The SMILES string of the molecule is COc1cc(/C=C/C(=O)N(C)CC(=O)Nc2ccc(Cl)c(C(F)(F)F)c2)ccc1OC(F)F. The van der Waals surface area contributed by atoms with E-state index in [1.165, 1.54) is 44.5 Å². The molecule has 0 aliphatic rings. The summed E-state index contributed by atoms with van der Waals surface area (Å²) in [5.41, 5.74) is -0.804. The third-order valence-corrected chi connectivity index (χ3v) is 4.46. The van der Waals surface area contributed by atoms with Gasteiger partial charge in [0.25, 0.3) is 0 Å². The molecule has 0 fully saturated rings. The van der Waals surface area contributed by atoms with Gasteiger partial charge in [-0.05, 0) is 42.0 Å². The zero-order chi connectivity index (χ0) is 24.8. The van der Waals surface area contributed by atoms with Gasteiger partial charge in [-0.25, -0.2) is 0 Å². The smallest absolute Gasteiger partial charge is 0.417 e. The fraction of sp³-hybridized carbons (Fsp3) is 0.238. The van der Waals surface area contributed by atoms with Crippen LogP contribution in [0.1, 0.15) is 11.1 Å². The van der Waals surface area contributed by atoms with E-state index >= 15 is 0 Å². The first-order valence-corrected chi connectivity index (χ1v) is 9.51. The number of hydrogen-bond acceptors (Lipinski definition) is 4. The van der Waals surface area contributed by atoms with Gasteiger partial charge >= 0.3 is 12.8 Å². The van der Waals surface area contributed by atoms with Crippen LogP contribution in [-0.4, -0.2) is 44.0 Å². The molecular weight excluding hydrogens is 475 g/mol. The number of likely N-dealkylation sites (N-methyl/N-ethyl adjacent to an activating group) is 1. The highest BCUT2D eigenvalue weighted by Crippen LogP contribution is 2.36. The van der Waals surface area contributed by atoms with Crippen LogP contribution < -0.4 is 14.8 Å². The first kappa shape index (κ1) is 25.9. The quantitative estimate of drug-likeness (QED) is 0.412. The van der Waals surface area contributed by atoms with Crippen LogP contribution in [0.5, 0.6) is 11.5 Å². The van der Waals surface area contributed by atoms with E-state index < -0.39 is 41.7 Å². The number of halogens is 6. The van der Waals surface area contributed by atoms with Gasteiger partial charge in [-0.15, -0.1) is 0 Å². The molecule has 1 N–H and O–H groups in total. The molecule has 0 saturated carbocycles. The van der Waals surface area contributed by atoms with Crippen molar-refractivity contribution < 1.29 is 41.0 Å². The summed E-state index contributed by atoms with van der Waals surface area (Å²) in [4.78, 5) is 25.4. The standard InChI is InChI=1S/C21H18ClF5N2O4/c1-29(11-18(30)28-13-5-6-15(22)14(10-13)21(25,26)27)19(31)8-4-12-3-7-16(33-20(23)24)17(9-12)32-2/h3-10,20H,11H2,1-2H3,(H,28,30)/b8-4+. The van der Waals surface area contributed by atoms with Crippen LogP contribution in [0.3, 0.4) is 0 Å². The Kier molecular flexibility index (Phi) is 8.63. The predicted octanol–water partition coefficient (Wildman–Crippen LogP) is 5.08. The number of methoxy groups -OCH3 is 1. The van der Waals surface area contributed by atoms with Gasteiger partial charge in [0.2, 0.25) is 11.8 Å². The molecule has 0 aliphatic heterocycles. The first-order valence-electron chi connectivity index (χ1n) is 9.13. The summed E-state index contributed by atoms with van der Waals surface area (Å²) < 4.78 is 72.8. The molecule has 0 aliphatic carbocycles. The Labute approximate surface area is 190 Å². The number of amides is 2. The minimum atomic E-state index is -4.69. The number of carbonyl (C=O) groups excluding carboxylic acids is 2. The molecule has 2 amide bonds. The van der Waals surface area contributed by atoms with E-state index in [0.717, 1.165) is 17.0 Å². The van der Waals surface area contributed by atoms with E-state index in [-0.39, 0.29) is 17.2 Å². The molecule has 2 aromatic carbocycles. The second-order valence-corrected chi connectivity index (χ2v) is 6.96. The van der Waals surface area contributed by atoms with Crippen LogP contribution in [0.4, 0.5) is 27.6 Å². The van der Waals surface area contributed by atoms with Crippen LogP contribution in [-0.2, 0) is 15.8 Å².